The van der Waals surface area contributed by atoms with Crippen molar-refractivity contribution in [3.8, 4) is 5.75 Å². The topological polar surface area (TPSA) is 62.2 Å². The van der Waals surface area contributed by atoms with E-state index < -0.39 is 0 Å². The molecule has 0 unspecified atom stereocenters. The van der Waals surface area contributed by atoms with Crippen molar-refractivity contribution in [3.05, 3.63) is 71.3 Å². The summed E-state index contributed by atoms with van der Waals surface area (Å²) in [6.45, 7) is 5.65. The smallest absolute Gasteiger partial charge is 0.256 e. The molecule has 0 atom stereocenters. The van der Waals surface area contributed by atoms with Crippen molar-refractivity contribution >= 4 is 28.3 Å². The number of carbonyl (C=O) groups is 1. The fourth-order valence-corrected chi connectivity index (χ4v) is 2.72. The maximum Gasteiger partial charge on any atom is 0.256 e. The summed E-state index contributed by atoms with van der Waals surface area (Å²) in [5.41, 5.74) is 3.72. The molecular formula is C21H20N2O2. The lowest BCUT2D eigenvalue weighted by atomic mass is 10.0. The lowest BCUT2D eigenvalue weighted by Crippen LogP contribution is -2.12. The lowest BCUT2D eigenvalue weighted by molar-refractivity contribution is 0.102. The van der Waals surface area contributed by atoms with Gasteiger partial charge in [0.25, 0.3) is 5.91 Å². The van der Waals surface area contributed by atoms with Gasteiger partial charge in [0.05, 0.1) is 0 Å². The van der Waals surface area contributed by atoms with E-state index in [-0.39, 0.29) is 11.8 Å². The summed E-state index contributed by atoms with van der Waals surface area (Å²) in [5.74, 6) is 0.570. The second kappa shape index (κ2) is 6.77. The molecule has 3 aromatic carbocycles. The zero-order valence-corrected chi connectivity index (χ0v) is 14.5. The Bertz CT molecular complexity index is 977. The molecule has 0 saturated carbocycles. The Hall–Kier alpha value is -3.14. The molecule has 4 heteroatoms. The monoisotopic (exact) mass is 332 g/mol. The average molecular weight is 332 g/mol. The largest absolute Gasteiger partial charge is 0.444 e. The molecule has 0 aliphatic heterocycles. The number of anilines is 1. The van der Waals surface area contributed by atoms with Gasteiger partial charge < -0.3 is 10.1 Å². The highest BCUT2D eigenvalue weighted by molar-refractivity contribution is 6.13. The summed E-state index contributed by atoms with van der Waals surface area (Å²) in [4.78, 5) is 12.7. The molecule has 1 amide bonds. The predicted molar refractivity (Wildman–Crippen MR) is 102 cm³/mol. The molecule has 25 heavy (non-hydrogen) atoms. The molecule has 126 valence electrons. The molecule has 0 aromatic heterocycles. The second-order valence-corrected chi connectivity index (χ2v) is 6.10. The van der Waals surface area contributed by atoms with Crippen molar-refractivity contribution in [1.82, 2.24) is 0 Å². The molecule has 0 saturated heterocycles. The third-order valence-electron chi connectivity index (χ3n) is 4.13. The van der Waals surface area contributed by atoms with E-state index in [1.165, 1.54) is 5.56 Å². The quantitative estimate of drug-likeness (QED) is 0.518. The highest BCUT2D eigenvalue weighted by atomic mass is 16.5. The van der Waals surface area contributed by atoms with E-state index in [9.17, 15) is 4.79 Å². The minimum Gasteiger partial charge on any atom is -0.444 e. The van der Waals surface area contributed by atoms with Gasteiger partial charge in [-0.15, -0.1) is 0 Å². The molecule has 4 nitrogen and oxygen atoms in total. The van der Waals surface area contributed by atoms with Gasteiger partial charge in [-0.3, -0.25) is 10.2 Å². The molecule has 0 fully saturated rings. The van der Waals surface area contributed by atoms with Crippen LogP contribution < -0.4 is 10.1 Å². The SMILES string of the molecule is CC(=N)Oc1ccc2c(C(=O)Nc3ccc(C)c(C)c3)cccc2c1. The van der Waals surface area contributed by atoms with E-state index in [0.29, 0.717) is 11.3 Å². The molecule has 0 radical (unpaired) electrons. The van der Waals surface area contributed by atoms with Gasteiger partial charge in [0.2, 0.25) is 0 Å². The third-order valence-corrected chi connectivity index (χ3v) is 4.13. The summed E-state index contributed by atoms with van der Waals surface area (Å²) < 4.78 is 5.33. The minimum absolute atomic E-state index is 0.128. The Morgan fingerprint density at radius 3 is 2.52 bits per heavy atom. The van der Waals surface area contributed by atoms with Crippen molar-refractivity contribution in [2.75, 3.05) is 5.32 Å². The zero-order valence-electron chi connectivity index (χ0n) is 14.5. The molecular weight excluding hydrogens is 312 g/mol. The first kappa shape index (κ1) is 16.7. The van der Waals surface area contributed by atoms with Crippen LogP contribution in [0.4, 0.5) is 5.69 Å². The van der Waals surface area contributed by atoms with E-state index in [1.807, 2.05) is 56.3 Å². The van der Waals surface area contributed by atoms with Crippen molar-refractivity contribution in [2.24, 2.45) is 0 Å². The Morgan fingerprint density at radius 1 is 1.00 bits per heavy atom. The molecule has 0 aliphatic rings. The number of aryl methyl sites for hydroxylation is 2. The first-order valence-corrected chi connectivity index (χ1v) is 8.08. The number of fused-ring (bicyclic) bond motifs is 1. The van der Waals surface area contributed by atoms with Crippen molar-refractivity contribution < 1.29 is 9.53 Å². The van der Waals surface area contributed by atoms with Crippen LogP contribution in [0.5, 0.6) is 5.75 Å². The van der Waals surface area contributed by atoms with E-state index >= 15 is 0 Å². The van der Waals surface area contributed by atoms with Gasteiger partial charge in [-0.2, -0.15) is 0 Å². The van der Waals surface area contributed by atoms with E-state index in [2.05, 4.69) is 5.32 Å². The summed E-state index contributed by atoms with van der Waals surface area (Å²) in [7, 11) is 0. The highest BCUT2D eigenvalue weighted by Gasteiger charge is 2.11. The highest BCUT2D eigenvalue weighted by Crippen LogP contribution is 2.25. The number of hydrogen-bond acceptors (Lipinski definition) is 3. The summed E-state index contributed by atoms with van der Waals surface area (Å²) in [6, 6.07) is 16.9. The van der Waals surface area contributed by atoms with Crippen LogP contribution in [0.2, 0.25) is 0 Å². The van der Waals surface area contributed by atoms with Gasteiger partial charge in [0, 0.05) is 18.2 Å². The van der Waals surface area contributed by atoms with Crippen LogP contribution in [0.15, 0.2) is 54.6 Å². The Morgan fingerprint density at radius 2 is 1.80 bits per heavy atom. The van der Waals surface area contributed by atoms with Crippen LogP contribution in [-0.4, -0.2) is 11.8 Å². The van der Waals surface area contributed by atoms with Crippen molar-refractivity contribution in [2.45, 2.75) is 20.8 Å². The van der Waals surface area contributed by atoms with Gasteiger partial charge in [-0.1, -0.05) is 18.2 Å². The van der Waals surface area contributed by atoms with Crippen LogP contribution in [0.25, 0.3) is 10.8 Å². The van der Waals surface area contributed by atoms with E-state index in [0.717, 1.165) is 22.0 Å². The van der Waals surface area contributed by atoms with Crippen LogP contribution >= 0.6 is 0 Å². The molecule has 3 aromatic rings. The lowest BCUT2D eigenvalue weighted by Gasteiger charge is -2.11. The van der Waals surface area contributed by atoms with E-state index in [1.54, 1.807) is 19.1 Å². The molecule has 0 spiro atoms. The number of amides is 1. The zero-order chi connectivity index (χ0) is 18.0. The molecule has 0 heterocycles. The van der Waals surface area contributed by atoms with Crippen molar-refractivity contribution in [1.29, 1.82) is 5.41 Å². The summed E-state index contributed by atoms with van der Waals surface area (Å²) in [5, 5.41) is 12.1. The molecule has 0 bridgehead atoms. The number of benzene rings is 3. The first-order chi connectivity index (χ1) is 11.9. The fraction of sp³-hybridized carbons (Fsp3) is 0.143. The second-order valence-electron chi connectivity index (χ2n) is 6.10. The fourth-order valence-electron chi connectivity index (χ4n) is 2.72. The average Bonchev–Trinajstić information content (AvgIpc) is 2.57. The number of hydrogen-bond donors (Lipinski definition) is 2. The van der Waals surface area contributed by atoms with Gasteiger partial charge in [0.15, 0.2) is 5.90 Å². The molecule has 2 N–H and O–H groups in total. The van der Waals surface area contributed by atoms with E-state index in [4.69, 9.17) is 10.1 Å². The van der Waals surface area contributed by atoms with Gasteiger partial charge in [-0.25, -0.2) is 0 Å². The van der Waals surface area contributed by atoms with Crippen molar-refractivity contribution in [3.63, 3.8) is 0 Å². The number of ether oxygens (including phenoxy) is 1. The maximum absolute atomic E-state index is 12.7. The summed E-state index contributed by atoms with van der Waals surface area (Å²) >= 11 is 0. The number of carbonyl (C=O) groups excluding carboxylic acids is 1. The van der Waals surface area contributed by atoms with Gasteiger partial charge in [-0.05, 0) is 72.1 Å². The van der Waals surface area contributed by atoms with Gasteiger partial charge in [0.1, 0.15) is 5.75 Å². The molecule has 0 aliphatic carbocycles. The Labute approximate surface area is 147 Å². The Kier molecular flexibility index (Phi) is 4.52. The number of nitrogens with one attached hydrogen (secondary N) is 2. The van der Waals surface area contributed by atoms with Crippen LogP contribution in [0.1, 0.15) is 28.4 Å². The third kappa shape index (κ3) is 3.69. The van der Waals surface area contributed by atoms with Crippen LogP contribution in [-0.2, 0) is 0 Å². The molecule has 3 rings (SSSR count). The maximum atomic E-state index is 12.7. The standard InChI is InChI=1S/C21H20N2O2/c1-13-7-8-17(11-14(13)2)23-21(24)20-6-4-5-16-12-18(25-15(3)22)9-10-19(16)20/h4-12,22H,1-3H3,(H,23,24). The van der Waals surface area contributed by atoms with Gasteiger partial charge >= 0.3 is 0 Å². The predicted octanol–water partition coefficient (Wildman–Crippen LogP) is 5.08. The Balaban J connectivity index is 1.93. The van der Waals surface area contributed by atoms with Crippen LogP contribution in [0, 0.1) is 19.3 Å². The van der Waals surface area contributed by atoms with Crippen LogP contribution in [0.3, 0.4) is 0 Å². The minimum atomic E-state index is -0.147. The normalized spacial score (nSPS) is 10.5. The first-order valence-electron chi connectivity index (χ1n) is 8.08. The number of rotatable bonds is 3. The summed E-state index contributed by atoms with van der Waals surface area (Å²) in [6.07, 6.45) is 0.